The van der Waals surface area contributed by atoms with E-state index >= 15 is 0 Å². The molecule has 1 aliphatic heterocycles. The second-order valence-electron chi connectivity index (χ2n) is 6.01. The summed E-state index contributed by atoms with van der Waals surface area (Å²) in [5.74, 6) is 0. The van der Waals surface area contributed by atoms with E-state index < -0.39 is 0 Å². The highest BCUT2D eigenvalue weighted by atomic mass is 15.5. The van der Waals surface area contributed by atoms with Gasteiger partial charge in [-0.3, -0.25) is 5.43 Å². The van der Waals surface area contributed by atoms with Gasteiger partial charge < -0.3 is 4.57 Å². The van der Waals surface area contributed by atoms with Crippen LogP contribution in [-0.4, -0.2) is 26.6 Å². The van der Waals surface area contributed by atoms with Crippen LogP contribution in [0.4, 0.5) is 0 Å². The second-order valence-corrected chi connectivity index (χ2v) is 6.01. The Kier molecular flexibility index (Phi) is 4.36. The summed E-state index contributed by atoms with van der Waals surface area (Å²) in [7, 11) is 0. The average molecular weight is 284 g/mol. The number of piperidine rings is 1. The van der Waals surface area contributed by atoms with Crippen LogP contribution in [0.5, 0.6) is 0 Å². The number of nitrogens with one attached hydrogen (secondary N) is 1. The molecule has 0 amide bonds. The van der Waals surface area contributed by atoms with E-state index in [-0.39, 0.29) is 0 Å². The molecule has 0 saturated carbocycles. The molecule has 2 heterocycles. The predicted molar refractivity (Wildman–Crippen MR) is 85.0 cm³/mol. The molecule has 3 rings (SSSR count). The van der Waals surface area contributed by atoms with Gasteiger partial charge in [-0.2, -0.15) is 0 Å². The molecular weight excluding hydrogens is 260 g/mol. The summed E-state index contributed by atoms with van der Waals surface area (Å²) in [5.41, 5.74) is 6.06. The van der Waals surface area contributed by atoms with Crippen LogP contribution in [0, 0.1) is 0 Å². The number of hydrogen-bond acceptors (Lipinski definition) is 3. The van der Waals surface area contributed by atoms with E-state index in [1.54, 1.807) is 6.20 Å². The zero-order valence-corrected chi connectivity index (χ0v) is 12.9. The number of benzene rings is 1. The van der Waals surface area contributed by atoms with Crippen LogP contribution in [0.3, 0.4) is 0 Å². The van der Waals surface area contributed by atoms with Crippen molar-refractivity contribution in [2.24, 2.45) is 0 Å². The molecule has 1 saturated heterocycles. The molecule has 112 valence electrons. The Balaban J connectivity index is 1.60. The van der Waals surface area contributed by atoms with Gasteiger partial charge in [-0.15, -0.1) is 0 Å². The van der Waals surface area contributed by atoms with Crippen LogP contribution in [0.2, 0.25) is 0 Å². The summed E-state index contributed by atoms with van der Waals surface area (Å²) >= 11 is 0. The van der Waals surface area contributed by atoms with Crippen LogP contribution in [0.1, 0.15) is 38.7 Å². The van der Waals surface area contributed by atoms with Crippen molar-refractivity contribution in [3.05, 3.63) is 48.5 Å². The fourth-order valence-corrected chi connectivity index (χ4v) is 3.11. The Labute approximate surface area is 126 Å². The van der Waals surface area contributed by atoms with Crippen molar-refractivity contribution in [3.8, 4) is 5.69 Å². The molecule has 0 aliphatic carbocycles. The van der Waals surface area contributed by atoms with Crippen LogP contribution in [-0.2, 0) is 6.54 Å². The van der Waals surface area contributed by atoms with Gasteiger partial charge in [0, 0.05) is 36.7 Å². The number of imidazole rings is 1. The molecule has 4 nitrogen and oxygen atoms in total. The number of hydrazine groups is 1. The average Bonchev–Trinajstić information content (AvgIpc) is 3.02. The summed E-state index contributed by atoms with van der Waals surface area (Å²) in [4.78, 5) is 4.08. The molecule has 1 aromatic heterocycles. The van der Waals surface area contributed by atoms with Gasteiger partial charge in [-0.25, -0.2) is 9.99 Å². The second kappa shape index (κ2) is 6.41. The van der Waals surface area contributed by atoms with Crippen LogP contribution < -0.4 is 5.43 Å². The first kappa shape index (κ1) is 14.3. The van der Waals surface area contributed by atoms with E-state index in [1.807, 2.05) is 17.1 Å². The lowest BCUT2D eigenvalue weighted by Crippen LogP contribution is -2.51. The molecule has 0 radical (unpaired) electrons. The van der Waals surface area contributed by atoms with Gasteiger partial charge >= 0.3 is 0 Å². The van der Waals surface area contributed by atoms with E-state index in [0.717, 1.165) is 12.2 Å². The van der Waals surface area contributed by atoms with E-state index in [0.29, 0.717) is 12.1 Å². The van der Waals surface area contributed by atoms with E-state index in [9.17, 15) is 0 Å². The molecule has 4 heteroatoms. The van der Waals surface area contributed by atoms with Crippen molar-refractivity contribution in [1.82, 2.24) is 20.0 Å². The lowest BCUT2D eigenvalue weighted by molar-refractivity contribution is 0.0435. The van der Waals surface area contributed by atoms with Gasteiger partial charge in [0.15, 0.2) is 0 Å². The predicted octanol–water partition coefficient (Wildman–Crippen LogP) is 3.14. The van der Waals surface area contributed by atoms with Gasteiger partial charge in [0.05, 0.1) is 6.33 Å². The van der Waals surface area contributed by atoms with Gasteiger partial charge in [0.1, 0.15) is 0 Å². The molecule has 1 aromatic carbocycles. The Morgan fingerprint density at radius 2 is 1.86 bits per heavy atom. The monoisotopic (exact) mass is 284 g/mol. The first-order chi connectivity index (χ1) is 10.2. The Morgan fingerprint density at radius 3 is 2.48 bits per heavy atom. The van der Waals surface area contributed by atoms with Crippen LogP contribution in [0.15, 0.2) is 43.0 Å². The van der Waals surface area contributed by atoms with Gasteiger partial charge in [0.25, 0.3) is 0 Å². The minimum atomic E-state index is 0.624. The van der Waals surface area contributed by atoms with Crippen LogP contribution in [0.25, 0.3) is 5.69 Å². The lowest BCUT2D eigenvalue weighted by atomic mass is 10.00. The molecule has 1 aliphatic rings. The topological polar surface area (TPSA) is 33.1 Å². The molecule has 2 unspecified atom stereocenters. The third-order valence-corrected chi connectivity index (χ3v) is 4.40. The van der Waals surface area contributed by atoms with Crippen LogP contribution >= 0.6 is 0 Å². The smallest absolute Gasteiger partial charge is 0.0991 e. The van der Waals surface area contributed by atoms with Crippen molar-refractivity contribution < 1.29 is 0 Å². The summed E-state index contributed by atoms with van der Waals surface area (Å²) in [6, 6.07) is 9.89. The zero-order chi connectivity index (χ0) is 14.7. The van der Waals surface area contributed by atoms with E-state index in [1.165, 1.54) is 24.8 Å². The summed E-state index contributed by atoms with van der Waals surface area (Å²) in [6.45, 7) is 5.51. The van der Waals surface area contributed by atoms with Gasteiger partial charge in [-0.1, -0.05) is 18.6 Å². The SMILES string of the molecule is CC1CCCC(C)N1NCc1ccc(-n2ccnc2)cc1. The minimum Gasteiger partial charge on any atom is -0.306 e. The summed E-state index contributed by atoms with van der Waals surface area (Å²) in [5, 5.41) is 2.42. The van der Waals surface area contributed by atoms with Crippen molar-refractivity contribution >= 4 is 0 Å². The van der Waals surface area contributed by atoms with Gasteiger partial charge in [-0.05, 0) is 44.4 Å². The first-order valence-corrected chi connectivity index (χ1v) is 7.83. The standard InChI is InChI=1S/C17H24N4/c1-14-4-3-5-15(2)21(14)19-12-16-6-8-17(9-7-16)20-11-10-18-13-20/h6-11,13-15,19H,3-5,12H2,1-2H3. The normalized spacial score (nSPS) is 23.3. The number of aromatic nitrogens is 2. The highest BCUT2D eigenvalue weighted by Gasteiger charge is 2.23. The Morgan fingerprint density at radius 1 is 1.14 bits per heavy atom. The molecule has 1 N–H and O–H groups in total. The molecular formula is C17H24N4. The number of nitrogens with zero attached hydrogens (tertiary/aromatic N) is 3. The third kappa shape index (κ3) is 3.34. The fourth-order valence-electron chi connectivity index (χ4n) is 3.11. The quantitative estimate of drug-likeness (QED) is 0.936. The van der Waals surface area contributed by atoms with E-state index in [2.05, 4.69) is 53.5 Å². The van der Waals surface area contributed by atoms with Crippen molar-refractivity contribution in [3.63, 3.8) is 0 Å². The maximum Gasteiger partial charge on any atom is 0.0991 e. The third-order valence-electron chi connectivity index (χ3n) is 4.40. The molecule has 2 atom stereocenters. The lowest BCUT2D eigenvalue weighted by Gasteiger charge is -2.39. The first-order valence-electron chi connectivity index (χ1n) is 7.83. The maximum atomic E-state index is 4.08. The molecule has 0 bridgehead atoms. The zero-order valence-electron chi connectivity index (χ0n) is 12.9. The highest BCUT2D eigenvalue weighted by Crippen LogP contribution is 2.20. The fraction of sp³-hybridized carbons (Fsp3) is 0.471. The Hall–Kier alpha value is -1.65. The summed E-state index contributed by atoms with van der Waals surface area (Å²) < 4.78 is 2.02. The maximum absolute atomic E-state index is 4.08. The van der Waals surface area contributed by atoms with E-state index in [4.69, 9.17) is 0 Å². The molecule has 1 fully saturated rings. The van der Waals surface area contributed by atoms with Crippen molar-refractivity contribution in [1.29, 1.82) is 0 Å². The number of rotatable bonds is 4. The molecule has 2 aromatic rings. The van der Waals surface area contributed by atoms with Crippen molar-refractivity contribution in [2.75, 3.05) is 0 Å². The van der Waals surface area contributed by atoms with Gasteiger partial charge in [0.2, 0.25) is 0 Å². The minimum absolute atomic E-state index is 0.624. The summed E-state index contributed by atoms with van der Waals surface area (Å²) in [6.07, 6.45) is 9.51. The molecule has 21 heavy (non-hydrogen) atoms. The van der Waals surface area contributed by atoms with Crippen molar-refractivity contribution in [2.45, 2.75) is 51.7 Å². The Bertz CT molecular complexity index is 537. The largest absolute Gasteiger partial charge is 0.306 e. The highest BCUT2D eigenvalue weighted by molar-refractivity contribution is 5.34. The molecule has 0 spiro atoms. The number of hydrogen-bond donors (Lipinski definition) is 1.